The molecule has 91 heavy (non-hydrogen) atoms. The molecule has 29 heteroatoms. The van der Waals surface area contributed by atoms with Crippen LogP contribution >= 0.6 is 0 Å². The Hall–Kier alpha value is -4.37. The number of aliphatic hydroxyl groups is 2. The fourth-order valence-corrected chi connectivity index (χ4v) is 13.7. The Morgan fingerprint density at radius 1 is 0.835 bits per heavy atom. The molecule has 4 saturated heterocycles. The number of ketones is 1. The number of rotatable bonds is 21. The highest BCUT2D eigenvalue weighted by molar-refractivity contribution is 7.89. The topological polar surface area (TPSA) is 303 Å². The lowest BCUT2D eigenvalue weighted by molar-refractivity contribution is -0.305. The summed E-state index contributed by atoms with van der Waals surface area (Å²) < 4.78 is 142. The molecule has 22 atom stereocenters. The number of esters is 2. The Morgan fingerprint density at radius 3 is 2.07 bits per heavy atom. The molecule has 4 heterocycles. The molecule has 0 aliphatic carbocycles. The zero-order chi connectivity index (χ0) is 68.4. The van der Waals surface area contributed by atoms with Crippen molar-refractivity contribution in [3.05, 3.63) is 24.3 Å². The number of benzene rings is 1. The monoisotopic (exact) mass is 1330 g/mol. The Balaban J connectivity index is 1.68. The summed E-state index contributed by atoms with van der Waals surface area (Å²) in [6, 6.07) is 3.42. The number of sulfonamides is 1. The first-order valence-corrected chi connectivity index (χ1v) is 32.7. The summed E-state index contributed by atoms with van der Waals surface area (Å²) in [5.41, 5.74) is -3.52. The highest BCUT2D eigenvalue weighted by atomic mass is 32.2. The van der Waals surface area contributed by atoms with Crippen LogP contribution < -0.4 is 14.8 Å². The third kappa shape index (κ3) is 21.1. The van der Waals surface area contributed by atoms with Gasteiger partial charge < -0.3 is 82.1 Å². The Morgan fingerprint density at radius 2 is 1.47 bits per heavy atom. The van der Waals surface area contributed by atoms with Crippen LogP contribution in [-0.4, -0.2) is 211 Å². The smallest absolute Gasteiger partial charge is 0.461 e. The van der Waals surface area contributed by atoms with Gasteiger partial charge in [0.05, 0.1) is 65.1 Å². The molecule has 0 bridgehead atoms. The van der Waals surface area contributed by atoms with Gasteiger partial charge in [0, 0.05) is 70.4 Å². The van der Waals surface area contributed by atoms with Crippen LogP contribution in [-0.2, 0) is 81.3 Å². The Bertz CT molecular complexity index is 2680. The maximum atomic E-state index is 16.1. The number of carbonyl (C=O) groups excluding carboxylic acids is 4. The van der Waals surface area contributed by atoms with Gasteiger partial charge in [0.15, 0.2) is 30.3 Å². The summed E-state index contributed by atoms with van der Waals surface area (Å²) in [5, 5.41) is 29.6. The van der Waals surface area contributed by atoms with Gasteiger partial charge >= 0.3 is 24.4 Å². The van der Waals surface area contributed by atoms with Crippen molar-refractivity contribution in [2.45, 2.75) is 244 Å². The van der Waals surface area contributed by atoms with E-state index in [9.17, 15) is 41.4 Å². The van der Waals surface area contributed by atoms with Crippen molar-refractivity contribution < 1.29 is 113 Å². The van der Waals surface area contributed by atoms with Gasteiger partial charge in [-0.3, -0.25) is 14.4 Å². The maximum absolute atomic E-state index is 16.1. The number of alkyl carbamates (subject to hydrolysis) is 1. The minimum Gasteiger partial charge on any atom is -0.461 e. The van der Waals surface area contributed by atoms with Crippen molar-refractivity contribution in [3.8, 4) is 5.75 Å². The average Bonchev–Trinajstić information content (AvgIpc) is 1.05. The average molecular weight is 1330 g/mol. The molecular weight excluding hydrogens is 1230 g/mol. The summed E-state index contributed by atoms with van der Waals surface area (Å²) >= 11 is 0. The van der Waals surface area contributed by atoms with Crippen LogP contribution in [0.4, 0.5) is 18.0 Å². The van der Waals surface area contributed by atoms with Gasteiger partial charge in [-0.05, 0) is 105 Å². The molecular formula is C62H101F3N4O21S. The zero-order valence-corrected chi connectivity index (χ0v) is 56.9. The van der Waals surface area contributed by atoms with Crippen LogP contribution in [0.1, 0.15) is 130 Å². The van der Waals surface area contributed by atoms with Crippen molar-refractivity contribution in [1.82, 2.24) is 14.9 Å². The van der Waals surface area contributed by atoms with Crippen molar-refractivity contribution >= 4 is 39.6 Å². The minimum absolute atomic E-state index is 0.0647. The number of alkyl halides is 3. The number of likely N-dealkylation sites (N-methyl/N-ethyl adjacent to an activating group) is 1. The van der Waals surface area contributed by atoms with Crippen molar-refractivity contribution in [3.63, 3.8) is 0 Å². The van der Waals surface area contributed by atoms with Gasteiger partial charge in [-0.15, -0.1) is 13.2 Å². The highest BCUT2D eigenvalue weighted by Crippen LogP contribution is 2.41. The van der Waals surface area contributed by atoms with Crippen LogP contribution in [0.2, 0.25) is 0 Å². The number of ether oxygens (including phenoxy) is 12. The zero-order valence-electron chi connectivity index (χ0n) is 56.0. The summed E-state index contributed by atoms with van der Waals surface area (Å²) in [5.74, 6) is -9.34. The summed E-state index contributed by atoms with van der Waals surface area (Å²) in [6.45, 7) is 25.1. The second-order valence-electron chi connectivity index (χ2n) is 26.5. The number of methoxy groups -OCH3 is 2. The number of hydrogen-bond acceptors (Lipinski definition) is 23. The van der Waals surface area contributed by atoms with E-state index in [4.69, 9.17) is 56.9 Å². The predicted molar refractivity (Wildman–Crippen MR) is 322 cm³/mol. The molecule has 5 rings (SSSR count). The number of cyclic esters (lactones) is 1. The molecule has 4 aliphatic heterocycles. The number of oxime groups is 1. The van der Waals surface area contributed by atoms with E-state index in [1.807, 2.05) is 20.9 Å². The lowest BCUT2D eigenvalue weighted by Crippen LogP contribution is -2.59. The normalized spacial score (nSPS) is 36.4. The molecule has 0 spiro atoms. The Labute approximate surface area is 534 Å². The van der Waals surface area contributed by atoms with E-state index in [0.717, 1.165) is 24.3 Å². The van der Waals surface area contributed by atoms with Crippen molar-refractivity contribution in [1.29, 1.82) is 0 Å². The summed E-state index contributed by atoms with van der Waals surface area (Å²) in [6.07, 6.45) is -20.7. The van der Waals surface area contributed by atoms with E-state index in [2.05, 4.69) is 24.8 Å². The van der Waals surface area contributed by atoms with E-state index in [1.165, 1.54) is 49.0 Å². The van der Waals surface area contributed by atoms with Crippen molar-refractivity contribution in [2.75, 3.05) is 48.1 Å². The molecule has 522 valence electrons. The van der Waals surface area contributed by atoms with Gasteiger partial charge in [0.1, 0.15) is 49.5 Å². The standard InChI is InChI=1S/C62H101F3N4O21S/c1-31(2)24-45(70)85-51-38(9)50(33(4)29-81-58-54(79-18)53(78-17)47(71)41(12)84-58)87-56(74)40(11)52(86-46-25-34(5)69(16)28-36(7)82-46)37(8)49(88-57-48(72)44(68-80-19)26-35(6)83-57)32(3)27-61(15,55(73)39(51)10)90-59(75)67-60(13,14)30-66-91(76,77)43-22-20-42(21-23-43)89-62(63,64)65/h20-23,31-41,46-54,57-58,66,71-72H,24-30H2,1-19H3,(H,67,75)/t32-,33?,34?,35+,36-,37+,38-,39+,40+,41+,46-,47+,48+,49-,50+,51+,52-,53+,54+,57-,58+,61-/m0/s1. The lowest BCUT2D eigenvalue weighted by Gasteiger charge is -2.45. The van der Waals surface area contributed by atoms with Crippen LogP contribution in [0.5, 0.6) is 5.75 Å². The number of nitrogens with zero attached hydrogens (tertiary/aromatic N) is 2. The number of hydrogen-bond donors (Lipinski definition) is 4. The first-order valence-electron chi connectivity index (χ1n) is 31.2. The molecule has 2 unspecified atom stereocenters. The molecule has 4 aliphatic rings. The maximum Gasteiger partial charge on any atom is 0.573 e. The molecule has 0 saturated carbocycles. The molecule has 1 aromatic carbocycles. The number of aliphatic hydroxyl groups excluding tert-OH is 2. The SMILES string of the molecule is CON=C1C[C@@H](C)O[C@@H](O[C@@H]2[C@@H](C)[C@H](O[C@H]3CC(C)N(C)C[C@H](C)O3)[C@@H](C)C(=O)O[C@H](C(C)CO[C@@H]3O[C@H](C)[C@@H](O)[C@@H](OC)[C@H]3OC)[C@H](C)[C@@H](OC(=O)CC(C)C)[C@@H](C)C(=O)[C@@](C)(OC(=O)NC(C)(C)CNS(=O)(=O)c3ccc(OC(F)(F)F)cc3)C[C@@H]2C)[C@@H]1O. The van der Waals surface area contributed by atoms with Gasteiger partial charge in [0.2, 0.25) is 10.0 Å². The molecule has 0 radical (unpaired) electrons. The molecule has 25 nitrogen and oxygen atoms in total. The Kier molecular flexibility index (Phi) is 27.9. The van der Waals surface area contributed by atoms with Crippen LogP contribution in [0.15, 0.2) is 34.3 Å². The third-order valence-corrected chi connectivity index (χ3v) is 18.9. The van der Waals surface area contributed by atoms with Crippen molar-refractivity contribution in [2.24, 2.45) is 46.6 Å². The quantitative estimate of drug-likeness (QED) is 0.0568. The number of carbonyl (C=O) groups is 4. The first kappa shape index (κ1) is 77.3. The van der Waals surface area contributed by atoms with Crippen LogP contribution in [0, 0.1) is 41.4 Å². The number of halogens is 3. The summed E-state index contributed by atoms with van der Waals surface area (Å²) in [7, 11) is 1.69. The second-order valence-corrected chi connectivity index (χ2v) is 28.3. The van der Waals surface area contributed by atoms with E-state index >= 15 is 9.59 Å². The summed E-state index contributed by atoms with van der Waals surface area (Å²) in [4.78, 5) is 67.2. The predicted octanol–water partition coefficient (Wildman–Crippen LogP) is 6.66. The van der Waals surface area contributed by atoms with Gasteiger partial charge in [-0.2, -0.15) is 0 Å². The van der Waals surface area contributed by atoms with E-state index in [0.29, 0.717) is 13.0 Å². The second kappa shape index (κ2) is 32.9. The van der Waals surface area contributed by atoms with Gasteiger partial charge in [-0.1, -0.05) is 53.6 Å². The van der Waals surface area contributed by atoms with Crippen LogP contribution in [0.25, 0.3) is 0 Å². The number of nitrogens with one attached hydrogen (secondary N) is 2. The first-order chi connectivity index (χ1) is 42.2. The van der Waals surface area contributed by atoms with Gasteiger partial charge in [0.25, 0.3) is 0 Å². The fourth-order valence-electron chi connectivity index (χ4n) is 12.5. The molecule has 0 aromatic heterocycles. The van der Waals surface area contributed by atoms with E-state index in [1.54, 1.807) is 62.3 Å². The van der Waals surface area contributed by atoms with Crippen LogP contribution in [0.3, 0.4) is 0 Å². The largest absolute Gasteiger partial charge is 0.573 e. The lowest BCUT2D eigenvalue weighted by atomic mass is 9.74. The third-order valence-electron chi connectivity index (χ3n) is 17.4. The fraction of sp³-hybridized carbons (Fsp3) is 0.823. The molecule has 1 aromatic rings. The highest BCUT2D eigenvalue weighted by Gasteiger charge is 2.53. The molecule has 4 fully saturated rings. The van der Waals surface area contributed by atoms with Gasteiger partial charge in [-0.25, -0.2) is 17.9 Å². The molecule has 1 amide bonds. The van der Waals surface area contributed by atoms with E-state index < -0.39 is 184 Å². The van der Waals surface area contributed by atoms with E-state index in [-0.39, 0.29) is 49.6 Å². The molecule has 4 N–H and O–H groups in total. The minimum atomic E-state index is -5.02. The number of amides is 1. The number of Topliss-reactive ketones (excluding diaryl/α,β-unsaturated/α-hetero) is 1.